The van der Waals surface area contributed by atoms with Crippen LogP contribution in [0.5, 0.6) is 0 Å². The molecule has 118 valence electrons. The second-order valence-electron chi connectivity index (χ2n) is 5.38. The van der Waals surface area contributed by atoms with Crippen molar-refractivity contribution >= 4 is 10.0 Å². The van der Waals surface area contributed by atoms with Crippen molar-refractivity contribution in [1.82, 2.24) is 14.6 Å². The van der Waals surface area contributed by atoms with Crippen molar-refractivity contribution in [2.45, 2.75) is 43.7 Å². The minimum Gasteiger partial charge on any atom is -0.303 e. The molecule has 1 aromatic heterocycles. The van der Waals surface area contributed by atoms with Crippen molar-refractivity contribution in [3.63, 3.8) is 0 Å². The molecule has 2 heterocycles. The fourth-order valence-electron chi connectivity index (χ4n) is 2.50. The molecule has 1 fully saturated rings. The largest absolute Gasteiger partial charge is 0.303 e. The van der Waals surface area contributed by atoms with Crippen LogP contribution in [0.3, 0.4) is 0 Å². The van der Waals surface area contributed by atoms with Crippen LogP contribution in [0.2, 0.25) is 0 Å². The smallest absolute Gasteiger partial charge is 0.261 e. The predicted molar refractivity (Wildman–Crippen MR) is 78.9 cm³/mol. The Kier molecular flexibility index (Phi) is 5.66. The van der Waals surface area contributed by atoms with E-state index in [-0.39, 0.29) is 6.04 Å². The summed E-state index contributed by atoms with van der Waals surface area (Å²) in [6, 6.07) is 2.34. The normalized spacial score (nSPS) is 18.0. The number of piperidine rings is 1. The number of rotatable bonds is 6. The van der Waals surface area contributed by atoms with Gasteiger partial charge in [0.25, 0.3) is 10.0 Å². The summed E-state index contributed by atoms with van der Waals surface area (Å²) in [5.74, 6) is -0.814. The predicted octanol–water partition coefficient (Wildman–Crippen LogP) is 1.76. The van der Waals surface area contributed by atoms with Crippen LogP contribution in [-0.2, 0) is 10.0 Å². The number of sulfonamides is 1. The van der Waals surface area contributed by atoms with Crippen LogP contribution in [0.4, 0.5) is 4.39 Å². The molecule has 21 heavy (non-hydrogen) atoms. The molecule has 0 atom stereocenters. The lowest BCUT2D eigenvalue weighted by Gasteiger charge is -2.32. The number of pyridine rings is 1. The van der Waals surface area contributed by atoms with Crippen LogP contribution in [-0.4, -0.2) is 44.0 Å². The van der Waals surface area contributed by atoms with Gasteiger partial charge in [0, 0.05) is 12.2 Å². The van der Waals surface area contributed by atoms with Gasteiger partial charge in [-0.3, -0.25) is 0 Å². The van der Waals surface area contributed by atoms with Crippen molar-refractivity contribution in [2.75, 3.05) is 19.6 Å². The van der Waals surface area contributed by atoms with Crippen LogP contribution >= 0.6 is 0 Å². The Morgan fingerprint density at radius 1 is 1.43 bits per heavy atom. The van der Waals surface area contributed by atoms with E-state index in [1.165, 1.54) is 12.3 Å². The summed E-state index contributed by atoms with van der Waals surface area (Å²) >= 11 is 0. The van der Waals surface area contributed by atoms with Gasteiger partial charge < -0.3 is 4.90 Å². The quantitative estimate of drug-likeness (QED) is 0.869. The number of aromatic nitrogens is 1. The van der Waals surface area contributed by atoms with Gasteiger partial charge in [0.1, 0.15) is 0 Å². The van der Waals surface area contributed by atoms with Gasteiger partial charge in [-0.05, 0) is 51.0 Å². The summed E-state index contributed by atoms with van der Waals surface area (Å²) in [6.45, 7) is 4.96. The first-order valence-electron chi connectivity index (χ1n) is 7.38. The summed E-state index contributed by atoms with van der Waals surface area (Å²) in [5, 5.41) is -0.515. The Hall–Kier alpha value is -1.05. The van der Waals surface area contributed by atoms with Crippen LogP contribution in [0.1, 0.15) is 32.6 Å². The third-order valence-electron chi connectivity index (χ3n) is 3.72. The molecule has 1 aliphatic rings. The molecule has 0 radical (unpaired) electrons. The van der Waals surface area contributed by atoms with Crippen LogP contribution in [0.25, 0.3) is 0 Å². The number of unbranched alkanes of at least 4 members (excludes halogenated alkanes) is 1. The van der Waals surface area contributed by atoms with Gasteiger partial charge in [0.15, 0.2) is 5.82 Å². The Morgan fingerprint density at radius 3 is 2.76 bits per heavy atom. The molecule has 1 aliphatic heterocycles. The number of nitrogens with zero attached hydrogens (tertiary/aromatic N) is 2. The highest BCUT2D eigenvalue weighted by atomic mass is 32.2. The number of nitrogens with one attached hydrogen (secondary N) is 1. The molecule has 0 amide bonds. The third-order valence-corrected chi connectivity index (χ3v) is 5.17. The highest BCUT2D eigenvalue weighted by Crippen LogP contribution is 2.16. The van der Waals surface area contributed by atoms with E-state index in [0.29, 0.717) is 0 Å². The number of hydrogen-bond donors (Lipinski definition) is 1. The second-order valence-corrected chi connectivity index (χ2v) is 7.01. The standard InChI is InChI=1S/C14H22FN3O2S/c1-2-3-9-18-10-6-12(7-11-18)17-21(19,20)14-13(15)5-4-8-16-14/h4-5,8,12,17H,2-3,6-7,9-11H2,1H3. The maximum absolute atomic E-state index is 13.6. The molecule has 5 nitrogen and oxygen atoms in total. The molecule has 0 bridgehead atoms. The summed E-state index contributed by atoms with van der Waals surface area (Å²) < 4.78 is 40.4. The Labute approximate surface area is 125 Å². The summed E-state index contributed by atoms with van der Waals surface area (Å²) in [7, 11) is -3.88. The van der Waals surface area contributed by atoms with Crippen molar-refractivity contribution in [2.24, 2.45) is 0 Å². The minimum absolute atomic E-state index is 0.144. The molecule has 0 aliphatic carbocycles. The lowest BCUT2D eigenvalue weighted by molar-refractivity contribution is 0.205. The topological polar surface area (TPSA) is 62.3 Å². The first-order chi connectivity index (χ1) is 10.0. The Morgan fingerprint density at radius 2 is 2.14 bits per heavy atom. The van der Waals surface area contributed by atoms with E-state index in [1.54, 1.807) is 0 Å². The fraction of sp³-hybridized carbons (Fsp3) is 0.643. The van der Waals surface area contributed by atoms with Crippen molar-refractivity contribution in [1.29, 1.82) is 0 Å². The van der Waals surface area contributed by atoms with Crippen molar-refractivity contribution in [3.8, 4) is 0 Å². The minimum atomic E-state index is -3.88. The van der Waals surface area contributed by atoms with Crippen molar-refractivity contribution < 1.29 is 12.8 Å². The van der Waals surface area contributed by atoms with Gasteiger partial charge in [-0.1, -0.05) is 13.3 Å². The van der Waals surface area contributed by atoms with Gasteiger partial charge in [0.2, 0.25) is 5.03 Å². The molecular weight excluding hydrogens is 293 g/mol. The van der Waals surface area contributed by atoms with E-state index in [0.717, 1.165) is 51.4 Å². The van der Waals surface area contributed by atoms with E-state index >= 15 is 0 Å². The van der Waals surface area contributed by atoms with Gasteiger partial charge in [0.05, 0.1) is 0 Å². The fourth-order valence-corrected chi connectivity index (χ4v) is 3.81. The number of hydrogen-bond acceptors (Lipinski definition) is 4. The molecule has 2 rings (SSSR count). The van der Waals surface area contributed by atoms with Gasteiger partial charge >= 0.3 is 0 Å². The van der Waals surface area contributed by atoms with Crippen LogP contribution < -0.4 is 4.72 Å². The Balaban J connectivity index is 1.92. The molecule has 0 unspecified atom stereocenters. The van der Waals surface area contributed by atoms with Crippen LogP contribution in [0, 0.1) is 5.82 Å². The zero-order valence-corrected chi connectivity index (χ0v) is 13.1. The molecule has 1 aromatic rings. The summed E-state index contributed by atoms with van der Waals surface area (Å²) in [6.07, 6.45) is 5.10. The molecule has 0 spiro atoms. The molecule has 7 heteroatoms. The van der Waals surface area contributed by atoms with E-state index in [4.69, 9.17) is 0 Å². The van der Waals surface area contributed by atoms with Gasteiger partial charge in [-0.25, -0.2) is 22.5 Å². The maximum atomic E-state index is 13.6. The maximum Gasteiger partial charge on any atom is 0.261 e. The summed E-state index contributed by atoms with van der Waals surface area (Å²) in [5.41, 5.74) is 0. The zero-order valence-electron chi connectivity index (χ0n) is 12.3. The second kappa shape index (κ2) is 7.29. The first kappa shape index (κ1) is 16.3. The SMILES string of the molecule is CCCCN1CCC(NS(=O)(=O)c2ncccc2F)CC1. The number of likely N-dealkylation sites (tertiary alicyclic amines) is 1. The van der Waals surface area contributed by atoms with Crippen molar-refractivity contribution in [3.05, 3.63) is 24.1 Å². The summed E-state index contributed by atoms with van der Waals surface area (Å²) in [4.78, 5) is 5.98. The highest BCUT2D eigenvalue weighted by Gasteiger charge is 2.27. The van der Waals surface area contributed by atoms with Crippen LogP contribution in [0.15, 0.2) is 23.4 Å². The lowest BCUT2D eigenvalue weighted by Crippen LogP contribution is -2.45. The van der Waals surface area contributed by atoms with Gasteiger partial charge in [-0.15, -0.1) is 0 Å². The molecule has 0 saturated carbocycles. The molecule has 1 saturated heterocycles. The highest BCUT2D eigenvalue weighted by molar-refractivity contribution is 7.89. The van der Waals surface area contributed by atoms with E-state index in [1.807, 2.05) is 0 Å². The van der Waals surface area contributed by atoms with E-state index in [2.05, 4.69) is 21.5 Å². The molecule has 1 N–H and O–H groups in total. The zero-order chi connectivity index (χ0) is 15.3. The monoisotopic (exact) mass is 315 g/mol. The third kappa shape index (κ3) is 4.46. The first-order valence-corrected chi connectivity index (χ1v) is 8.86. The average Bonchev–Trinajstić information content (AvgIpc) is 2.46. The number of halogens is 1. The Bertz CT molecular complexity index is 557. The molecular formula is C14H22FN3O2S. The van der Waals surface area contributed by atoms with E-state index in [9.17, 15) is 12.8 Å². The molecule has 0 aromatic carbocycles. The average molecular weight is 315 g/mol. The van der Waals surface area contributed by atoms with E-state index < -0.39 is 20.9 Å². The van der Waals surface area contributed by atoms with Gasteiger partial charge in [-0.2, -0.15) is 0 Å². The lowest BCUT2D eigenvalue weighted by atomic mass is 10.1.